The third-order valence-corrected chi connectivity index (χ3v) is 2.47. The number of halogens is 1. The van der Waals surface area contributed by atoms with Gasteiger partial charge in [0.25, 0.3) is 5.56 Å². The molecule has 2 aromatic heterocycles. The first-order chi connectivity index (χ1) is 7.25. The van der Waals surface area contributed by atoms with E-state index in [1.165, 1.54) is 12.1 Å². The minimum atomic E-state index is -0.303. The summed E-state index contributed by atoms with van der Waals surface area (Å²) in [6, 6.07) is 6.21. The van der Waals surface area contributed by atoms with Gasteiger partial charge in [-0.25, -0.2) is 4.39 Å². The standard InChI is InChI=1S/C11H7FN2O/c12-8-2-1-7-5-10-11(15)13-3-4-14(10)9(7)6-8/h1-6H,(H,13,15). The van der Waals surface area contributed by atoms with E-state index in [-0.39, 0.29) is 11.4 Å². The highest BCUT2D eigenvalue weighted by molar-refractivity contribution is 5.86. The minimum absolute atomic E-state index is 0.172. The molecule has 0 unspecified atom stereocenters. The summed E-state index contributed by atoms with van der Waals surface area (Å²) in [4.78, 5) is 14.0. The average Bonchev–Trinajstić information content (AvgIpc) is 2.58. The number of hydrogen-bond acceptors (Lipinski definition) is 1. The van der Waals surface area contributed by atoms with Crippen LogP contribution in [0.3, 0.4) is 0 Å². The zero-order valence-corrected chi connectivity index (χ0v) is 7.70. The maximum absolute atomic E-state index is 13.0. The van der Waals surface area contributed by atoms with Crippen LogP contribution in [0.5, 0.6) is 0 Å². The molecule has 74 valence electrons. The van der Waals surface area contributed by atoms with E-state index in [0.717, 1.165) is 5.39 Å². The first-order valence-electron chi connectivity index (χ1n) is 4.54. The monoisotopic (exact) mass is 202 g/mol. The van der Waals surface area contributed by atoms with Crippen LogP contribution in [-0.4, -0.2) is 9.38 Å². The van der Waals surface area contributed by atoms with Crippen LogP contribution < -0.4 is 5.56 Å². The molecule has 0 amide bonds. The van der Waals surface area contributed by atoms with Crippen LogP contribution in [0.15, 0.2) is 41.5 Å². The van der Waals surface area contributed by atoms with Crippen LogP contribution >= 0.6 is 0 Å². The number of rotatable bonds is 0. The van der Waals surface area contributed by atoms with E-state index in [0.29, 0.717) is 11.0 Å². The number of aromatic nitrogens is 2. The molecule has 3 aromatic rings. The fourth-order valence-electron chi connectivity index (χ4n) is 1.79. The van der Waals surface area contributed by atoms with Crippen molar-refractivity contribution >= 4 is 16.4 Å². The van der Waals surface area contributed by atoms with E-state index in [2.05, 4.69) is 4.98 Å². The van der Waals surface area contributed by atoms with Gasteiger partial charge in [-0.2, -0.15) is 0 Å². The molecule has 0 fully saturated rings. The first-order valence-corrected chi connectivity index (χ1v) is 4.54. The Morgan fingerprint density at radius 1 is 1.20 bits per heavy atom. The minimum Gasteiger partial charge on any atom is -0.326 e. The van der Waals surface area contributed by atoms with E-state index in [1.807, 2.05) is 0 Å². The highest BCUT2D eigenvalue weighted by Crippen LogP contribution is 2.18. The van der Waals surface area contributed by atoms with Gasteiger partial charge in [0, 0.05) is 17.8 Å². The second-order valence-corrected chi connectivity index (χ2v) is 3.39. The van der Waals surface area contributed by atoms with Crippen LogP contribution in [0, 0.1) is 5.82 Å². The lowest BCUT2D eigenvalue weighted by Gasteiger charge is -1.95. The molecule has 1 aromatic carbocycles. The van der Waals surface area contributed by atoms with Crippen molar-refractivity contribution in [2.45, 2.75) is 0 Å². The van der Waals surface area contributed by atoms with Crippen LogP contribution in [0.4, 0.5) is 4.39 Å². The number of fused-ring (bicyclic) bond motifs is 3. The van der Waals surface area contributed by atoms with Gasteiger partial charge in [0.1, 0.15) is 11.3 Å². The van der Waals surface area contributed by atoms with Gasteiger partial charge >= 0.3 is 0 Å². The lowest BCUT2D eigenvalue weighted by molar-refractivity contribution is 0.629. The summed E-state index contributed by atoms with van der Waals surface area (Å²) in [5, 5.41) is 0.855. The van der Waals surface area contributed by atoms with Gasteiger partial charge in [-0.3, -0.25) is 4.79 Å². The second kappa shape index (κ2) is 2.70. The average molecular weight is 202 g/mol. The Kier molecular flexibility index (Phi) is 1.48. The molecule has 1 N–H and O–H groups in total. The van der Waals surface area contributed by atoms with Crippen LogP contribution in [-0.2, 0) is 0 Å². The van der Waals surface area contributed by atoms with Crippen molar-refractivity contribution in [2.24, 2.45) is 0 Å². The summed E-state index contributed by atoms with van der Waals surface area (Å²) in [7, 11) is 0. The summed E-state index contributed by atoms with van der Waals surface area (Å²) in [5.41, 5.74) is 1.06. The van der Waals surface area contributed by atoms with Crippen molar-refractivity contribution in [1.29, 1.82) is 0 Å². The summed E-state index contributed by atoms with van der Waals surface area (Å²) < 4.78 is 14.7. The molecule has 0 bridgehead atoms. The van der Waals surface area contributed by atoms with Gasteiger partial charge in [-0.1, -0.05) is 0 Å². The summed E-state index contributed by atoms with van der Waals surface area (Å²) >= 11 is 0. The smallest absolute Gasteiger partial charge is 0.272 e. The number of nitrogens with zero attached hydrogens (tertiary/aromatic N) is 1. The molecule has 0 aliphatic rings. The fourth-order valence-corrected chi connectivity index (χ4v) is 1.79. The van der Waals surface area contributed by atoms with Gasteiger partial charge in [0.15, 0.2) is 0 Å². The molecular formula is C11H7FN2O. The molecule has 2 heterocycles. The lowest BCUT2D eigenvalue weighted by atomic mass is 10.2. The number of nitrogens with one attached hydrogen (secondary N) is 1. The molecule has 4 heteroatoms. The lowest BCUT2D eigenvalue weighted by Crippen LogP contribution is -2.06. The topological polar surface area (TPSA) is 37.3 Å². The van der Waals surface area contributed by atoms with Crippen LogP contribution in [0.2, 0.25) is 0 Å². The maximum Gasteiger partial charge on any atom is 0.272 e. The highest BCUT2D eigenvalue weighted by atomic mass is 19.1. The van der Waals surface area contributed by atoms with Gasteiger partial charge < -0.3 is 9.38 Å². The fraction of sp³-hybridized carbons (Fsp3) is 0. The summed E-state index contributed by atoms with van der Waals surface area (Å²) in [6.45, 7) is 0. The largest absolute Gasteiger partial charge is 0.326 e. The maximum atomic E-state index is 13.0. The molecule has 0 atom stereocenters. The van der Waals surface area contributed by atoms with Crippen molar-refractivity contribution < 1.29 is 4.39 Å². The van der Waals surface area contributed by atoms with Crippen molar-refractivity contribution in [2.75, 3.05) is 0 Å². The predicted octanol–water partition coefficient (Wildman–Crippen LogP) is 1.92. The van der Waals surface area contributed by atoms with Crippen molar-refractivity contribution in [3.8, 4) is 0 Å². The van der Waals surface area contributed by atoms with E-state index in [1.54, 1.807) is 28.9 Å². The number of benzene rings is 1. The summed E-state index contributed by atoms with van der Waals surface area (Å²) in [6.07, 6.45) is 3.25. The Hall–Kier alpha value is -2.10. The highest BCUT2D eigenvalue weighted by Gasteiger charge is 2.05. The molecule has 3 rings (SSSR count). The second-order valence-electron chi connectivity index (χ2n) is 3.39. The first kappa shape index (κ1) is 8.23. The Morgan fingerprint density at radius 3 is 2.93 bits per heavy atom. The quantitative estimate of drug-likeness (QED) is 0.594. The number of H-pyrrole nitrogens is 1. The van der Waals surface area contributed by atoms with E-state index in [4.69, 9.17) is 0 Å². The van der Waals surface area contributed by atoms with Crippen LogP contribution in [0.25, 0.3) is 16.4 Å². The summed E-state index contributed by atoms with van der Waals surface area (Å²) in [5.74, 6) is -0.303. The molecule has 15 heavy (non-hydrogen) atoms. The van der Waals surface area contributed by atoms with Gasteiger partial charge in [-0.05, 0) is 24.3 Å². The van der Waals surface area contributed by atoms with Crippen LogP contribution in [0.1, 0.15) is 0 Å². The molecule has 0 spiro atoms. The number of aromatic amines is 1. The normalized spacial score (nSPS) is 11.3. The van der Waals surface area contributed by atoms with E-state index in [9.17, 15) is 9.18 Å². The van der Waals surface area contributed by atoms with Gasteiger partial charge in [0.2, 0.25) is 0 Å². The zero-order chi connectivity index (χ0) is 10.4. The Morgan fingerprint density at radius 2 is 2.07 bits per heavy atom. The van der Waals surface area contributed by atoms with E-state index < -0.39 is 0 Å². The molecule has 0 aliphatic heterocycles. The Labute approximate surface area is 83.8 Å². The van der Waals surface area contributed by atoms with E-state index >= 15 is 0 Å². The molecular weight excluding hydrogens is 195 g/mol. The predicted molar refractivity (Wildman–Crippen MR) is 55.5 cm³/mol. The van der Waals surface area contributed by atoms with Gasteiger partial charge in [-0.15, -0.1) is 0 Å². The van der Waals surface area contributed by atoms with Gasteiger partial charge in [0.05, 0.1) is 5.52 Å². The molecule has 0 saturated carbocycles. The van der Waals surface area contributed by atoms with Crippen molar-refractivity contribution in [3.05, 3.63) is 52.8 Å². The molecule has 3 nitrogen and oxygen atoms in total. The molecule has 0 aliphatic carbocycles. The molecule has 0 saturated heterocycles. The SMILES string of the molecule is O=c1[nH]ccn2c1cc1ccc(F)cc12. The Bertz CT molecular complexity index is 711. The number of hydrogen-bond donors (Lipinski definition) is 1. The van der Waals surface area contributed by atoms with Crippen molar-refractivity contribution in [3.63, 3.8) is 0 Å². The third-order valence-electron chi connectivity index (χ3n) is 2.47. The Balaban J connectivity index is 2.64. The zero-order valence-electron chi connectivity index (χ0n) is 7.70. The third kappa shape index (κ3) is 1.08. The molecule has 0 radical (unpaired) electrons. The van der Waals surface area contributed by atoms with Crippen molar-refractivity contribution in [1.82, 2.24) is 9.38 Å².